The van der Waals surface area contributed by atoms with Crippen molar-refractivity contribution in [2.45, 2.75) is 58.8 Å². The Morgan fingerprint density at radius 3 is 2.26 bits per heavy atom. The molecule has 0 aromatic heterocycles. The lowest BCUT2D eigenvalue weighted by Crippen LogP contribution is -2.22. The molecule has 1 unspecified atom stereocenters. The Labute approximate surface area is 115 Å². The summed E-state index contributed by atoms with van der Waals surface area (Å²) in [4.78, 5) is 22.8. The Balaban J connectivity index is 4.24. The quantitative estimate of drug-likeness (QED) is 0.354. The van der Waals surface area contributed by atoms with Gasteiger partial charge in [0.25, 0.3) is 0 Å². The molecule has 0 radical (unpaired) electrons. The second kappa shape index (κ2) is 10.6. The first-order valence-corrected chi connectivity index (χ1v) is 7.13. The minimum Gasteiger partial charge on any atom is -0.481 e. The van der Waals surface area contributed by atoms with Crippen LogP contribution in [0.3, 0.4) is 0 Å². The fourth-order valence-electron chi connectivity index (χ4n) is 1.77. The monoisotopic (exact) mass is 270 g/mol. The molecule has 0 rings (SSSR count). The Morgan fingerprint density at radius 1 is 1.11 bits per heavy atom. The maximum atomic E-state index is 11.7. The first kappa shape index (κ1) is 17.7. The number of hydrogen-bond donors (Lipinski definition) is 1. The van der Waals surface area contributed by atoms with Crippen LogP contribution in [-0.4, -0.2) is 23.7 Å². The lowest BCUT2D eigenvalue weighted by molar-refractivity contribution is -0.146. The summed E-state index contributed by atoms with van der Waals surface area (Å²) in [7, 11) is 0. The number of carboxylic acids is 1. The maximum absolute atomic E-state index is 11.7. The van der Waals surface area contributed by atoms with E-state index in [-0.39, 0.29) is 5.57 Å². The van der Waals surface area contributed by atoms with Crippen LogP contribution in [0.5, 0.6) is 0 Å². The van der Waals surface area contributed by atoms with Gasteiger partial charge < -0.3 is 9.84 Å². The molecule has 0 amide bonds. The largest absolute Gasteiger partial charge is 0.481 e. The van der Waals surface area contributed by atoms with E-state index in [9.17, 15) is 9.59 Å². The molecule has 0 heterocycles. The van der Waals surface area contributed by atoms with E-state index in [4.69, 9.17) is 9.84 Å². The number of aliphatic carboxylic acids is 1. The highest BCUT2D eigenvalue weighted by atomic mass is 16.5. The lowest BCUT2D eigenvalue weighted by atomic mass is 9.94. The van der Waals surface area contributed by atoms with Gasteiger partial charge in [0.15, 0.2) is 0 Å². The zero-order valence-corrected chi connectivity index (χ0v) is 12.1. The fourth-order valence-corrected chi connectivity index (χ4v) is 1.77. The first-order valence-electron chi connectivity index (χ1n) is 7.13. The van der Waals surface area contributed by atoms with Crippen LogP contribution in [-0.2, 0) is 14.3 Å². The summed E-state index contributed by atoms with van der Waals surface area (Å²) in [5.74, 6) is -2.38. The number of esters is 1. The molecule has 0 aliphatic rings. The van der Waals surface area contributed by atoms with E-state index in [2.05, 4.69) is 13.5 Å². The molecule has 0 saturated heterocycles. The number of unbranched alkanes of at least 4 members (excludes halogenated alkanes) is 4. The molecular formula is C15H26O4. The second-order valence-corrected chi connectivity index (χ2v) is 4.75. The van der Waals surface area contributed by atoms with Crippen molar-refractivity contribution in [3.63, 3.8) is 0 Å². The zero-order chi connectivity index (χ0) is 14.7. The molecule has 0 aromatic carbocycles. The van der Waals surface area contributed by atoms with Gasteiger partial charge in [-0.3, -0.25) is 4.79 Å². The third-order valence-corrected chi connectivity index (χ3v) is 3.06. The Bertz CT molecular complexity index is 297. The zero-order valence-electron chi connectivity index (χ0n) is 12.1. The molecule has 110 valence electrons. The third-order valence-electron chi connectivity index (χ3n) is 3.06. The average Bonchev–Trinajstić information content (AvgIpc) is 2.37. The highest BCUT2D eigenvalue weighted by Gasteiger charge is 2.26. The molecule has 1 N–H and O–H groups in total. The molecule has 4 nitrogen and oxygen atoms in total. The van der Waals surface area contributed by atoms with Gasteiger partial charge in [-0.05, 0) is 12.8 Å². The lowest BCUT2D eigenvalue weighted by Gasteiger charge is -2.14. The Hall–Kier alpha value is -1.32. The van der Waals surface area contributed by atoms with Crippen LogP contribution in [0.2, 0.25) is 0 Å². The van der Waals surface area contributed by atoms with Gasteiger partial charge in [0.2, 0.25) is 0 Å². The van der Waals surface area contributed by atoms with E-state index >= 15 is 0 Å². The van der Waals surface area contributed by atoms with Crippen molar-refractivity contribution in [1.29, 1.82) is 0 Å². The van der Waals surface area contributed by atoms with Crippen molar-refractivity contribution in [2.75, 3.05) is 6.61 Å². The van der Waals surface area contributed by atoms with Crippen LogP contribution in [0.25, 0.3) is 0 Å². The number of hydrogen-bond acceptors (Lipinski definition) is 3. The van der Waals surface area contributed by atoms with Crippen LogP contribution in [0, 0.1) is 5.92 Å². The summed E-state index contributed by atoms with van der Waals surface area (Å²) in [6.45, 7) is 8.02. The SMILES string of the molecule is C=C(C(=O)OCCCC)C(CCCCCC)C(=O)O. The molecule has 0 fully saturated rings. The van der Waals surface area contributed by atoms with Crippen molar-refractivity contribution >= 4 is 11.9 Å². The van der Waals surface area contributed by atoms with Crippen LogP contribution < -0.4 is 0 Å². The summed E-state index contributed by atoms with van der Waals surface area (Å²) in [5.41, 5.74) is 0.0695. The molecule has 4 heteroatoms. The van der Waals surface area contributed by atoms with Crippen LogP contribution in [0.1, 0.15) is 58.8 Å². The molecule has 19 heavy (non-hydrogen) atoms. The normalized spacial score (nSPS) is 11.9. The highest BCUT2D eigenvalue weighted by Crippen LogP contribution is 2.19. The van der Waals surface area contributed by atoms with Crippen molar-refractivity contribution in [1.82, 2.24) is 0 Å². The number of rotatable bonds is 11. The molecule has 0 aliphatic heterocycles. The van der Waals surface area contributed by atoms with Crippen LogP contribution >= 0.6 is 0 Å². The van der Waals surface area contributed by atoms with Gasteiger partial charge in [-0.25, -0.2) is 4.79 Å². The summed E-state index contributed by atoms with van der Waals surface area (Å²) < 4.78 is 5.00. The minimum absolute atomic E-state index is 0.0695. The number of ether oxygens (including phenoxy) is 1. The van der Waals surface area contributed by atoms with Gasteiger partial charge in [0, 0.05) is 5.57 Å². The minimum atomic E-state index is -0.992. The summed E-state index contributed by atoms with van der Waals surface area (Å²) in [6.07, 6.45) is 6.13. The van der Waals surface area contributed by atoms with E-state index < -0.39 is 17.9 Å². The Morgan fingerprint density at radius 2 is 1.74 bits per heavy atom. The van der Waals surface area contributed by atoms with Crippen LogP contribution in [0.4, 0.5) is 0 Å². The standard InChI is InChI=1S/C15H26O4/c1-4-6-8-9-10-13(14(16)17)12(3)15(18)19-11-7-5-2/h13H,3-11H2,1-2H3,(H,16,17). The number of carbonyl (C=O) groups is 2. The molecule has 0 bridgehead atoms. The van der Waals surface area contributed by atoms with Crippen molar-refractivity contribution in [3.05, 3.63) is 12.2 Å². The Kier molecular flexibility index (Phi) is 9.85. The van der Waals surface area contributed by atoms with Crippen molar-refractivity contribution in [3.8, 4) is 0 Å². The van der Waals surface area contributed by atoms with Gasteiger partial charge in [-0.15, -0.1) is 0 Å². The molecule has 0 spiro atoms. The highest BCUT2D eigenvalue weighted by molar-refractivity contribution is 5.94. The van der Waals surface area contributed by atoms with Crippen molar-refractivity contribution in [2.24, 2.45) is 5.92 Å². The molecule has 1 atom stereocenters. The predicted molar refractivity (Wildman–Crippen MR) is 74.9 cm³/mol. The second-order valence-electron chi connectivity index (χ2n) is 4.75. The predicted octanol–water partition coefficient (Wildman–Crippen LogP) is 3.56. The average molecular weight is 270 g/mol. The summed E-state index contributed by atoms with van der Waals surface area (Å²) in [5, 5.41) is 9.15. The van der Waals surface area contributed by atoms with Gasteiger partial charge in [0.1, 0.15) is 0 Å². The van der Waals surface area contributed by atoms with E-state index in [1.165, 1.54) is 0 Å². The molecule has 0 saturated carbocycles. The molecule has 0 aromatic rings. The van der Waals surface area contributed by atoms with Crippen molar-refractivity contribution < 1.29 is 19.4 Å². The van der Waals surface area contributed by atoms with Gasteiger partial charge in [-0.1, -0.05) is 52.5 Å². The van der Waals surface area contributed by atoms with E-state index in [1.807, 2.05) is 6.92 Å². The molecule has 0 aliphatic carbocycles. The number of carboxylic acid groups (broad SMARTS) is 1. The van der Waals surface area contributed by atoms with E-state index in [0.29, 0.717) is 13.0 Å². The van der Waals surface area contributed by atoms with Gasteiger partial charge >= 0.3 is 11.9 Å². The topological polar surface area (TPSA) is 63.6 Å². The van der Waals surface area contributed by atoms with E-state index in [0.717, 1.165) is 38.5 Å². The maximum Gasteiger partial charge on any atom is 0.334 e. The molecular weight excluding hydrogens is 244 g/mol. The summed E-state index contributed by atoms with van der Waals surface area (Å²) in [6, 6.07) is 0. The van der Waals surface area contributed by atoms with Crippen LogP contribution in [0.15, 0.2) is 12.2 Å². The summed E-state index contributed by atoms with van der Waals surface area (Å²) >= 11 is 0. The fraction of sp³-hybridized carbons (Fsp3) is 0.733. The third kappa shape index (κ3) is 7.65. The van der Waals surface area contributed by atoms with Gasteiger partial charge in [0.05, 0.1) is 12.5 Å². The van der Waals surface area contributed by atoms with E-state index in [1.54, 1.807) is 0 Å². The van der Waals surface area contributed by atoms with Gasteiger partial charge in [-0.2, -0.15) is 0 Å². The number of carbonyl (C=O) groups excluding carboxylic acids is 1. The first-order chi connectivity index (χ1) is 9.04. The smallest absolute Gasteiger partial charge is 0.334 e.